The second kappa shape index (κ2) is 7.33. The van der Waals surface area contributed by atoms with Crippen LogP contribution in [0.25, 0.3) is 21.9 Å². The Kier molecular flexibility index (Phi) is 4.73. The van der Waals surface area contributed by atoms with E-state index in [9.17, 15) is 9.90 Å². The molecule has 0 radical (unpaired) electrons. The minimum atomic E-state index is -0.123. The zero-order valence-corrected chi connectivity index (χ0v) is 15.0. The van der Waals surface area contributed by atoms with Crippen molar-refractivity contribution in [3.63, 3.8) is 0 Å². The van der Waals surface area contributed by atoms with E-state index in [1.54, 1.807) is 11.1 Å². The van der Waals surface area contributed by atoms with E-state index >= 15 is 0 Å². The molecule has 3 heterocycles. The lowest BCUT2D eigenvalue weighted by molar-refractivity contribution is -0.131. The Balaban J connectivity index is 1.84. The lowest BCUT2D eigenvalue weighted by Crippen LogP contribution is -2.40. The average molecular weight is 363 g/mol. The molecule has 4 rings (SSSR count). The Bertz CT molecular complexity index is 1040. The number of aromatic nitrogens is 3. The van der Waals surface area contributed by atoms with E-state index < -0.39 is 0 Å². The fourth-order valence-corrected chi connectivity index (χ4v) is 4.01. The largest absolute Gasteiger partial charge is 0.396 e. The molecule has 1 fully saturated rings. The third-order valence-electron chi connectivity index (χ3n) is 5.18. The molecular weight excluding hydrogens is 342 g/mol. The highest BCUT2D eigenvalue weighted by atomic mass is 16.3. The summed E-state index contributed by atoms with van der Waals surface area (Å²) in [6.07, 6.45) is 3.94. The number of carbonyl (C=O) groups excluding carboxylic acids is 1. The molecule has 3 aromatic rings. The van der Waals surface area contributed by atoms with Crippen molar-refractivity contribution in [2.24, 2.45) is 0 Å². The standard InChI is InChI=1S/C20H21N5O2/c21-9-7-19(27)24-10-3-4-14(13-24)25-18(8-11-26)23-17-12-22-16-6-2-1-5-15(16)20(17)25/h1-2,5-6,12,14,26H,3-4,7-8,10-11,13H2/t14-/m1/s1. The second-order valence-electron chi connectivity index (χ2n) is 6.85. The molecule has 0 spiro atoms. The van der Waals surface area contributed by atoms with Crippen molar-refractivity contribution >= 4 is 27.8 Å². The number of hydrogen-bond donors (Lipinski definition) is 1. The van der Waals surface area contributed by atoms with E-state index in [1.807, 2.05) is 30.3 Å². The monoisotopic (exact) mass is 363 g/mol. The van der Waals surface area contributed by atoms with Crippen LogP contribution in [0.4, 0.5) is 0 Å². The van der Waals surface area contributed by atoms with Crippen LogP contribution in [-0.4, -0.2) is 50.1 Å². The van der Waals surface area contributed by atoms with Crippen molar-refractivity contribution in [1.29, 1.82) is 5.26 Å². The van der Waals surface area contributed by atoms with Gasteiger partial charge in [0.2, 0.25) is 5.91 Å². The maximum atomic E-state index is 12.2. The Morgan fingerprint density at radius 1 is 1.33 bits per heavy atom. The van der Waals surface area contributed by atoms with Gasteiger partial charge in [0.05, 0.1) is 35.9 Å². The molecule has 138 valence electrons. The third-order valence-corrected chi connectivity index (χ3v) is 5.18. The number of likely N-dealkylation sites (tertiary alicyclic amines) is 1. The van der Waals surface area contributed by atoms with Gasteiger partial charge in [0.15, 0.2) is 0 Å². The van der Waals surface area contributed by atoms with Crippen LogP contribution in [0.5, 0.6) is 0 Å². The van der Waals surface area contributed by atoms with E-state index in [0.29, 0.717) is 19.5 Å². The first-order valence-electron chi connectivity index (χ1n) is 9.23. The summed E-state index contributed by atoms with van der Waals surface area (Å²) >= 11 is 0. The van der Waals surface area contributed by atoms with E-state index in [0.717, 1.165) is 40.6 Å². The molecule has 7 nitrogen and oxygen atoms in total. The number of aliphatic hydroxyl groups excluding tert-OH is 1. The smallest absolute Gasteiger partial charge is 0.236 e. The Morgan fingerprint density at radius 3 is 3.00 bits per heavy atom. The second-order valence-corrected chi connectivity index (χ2v) is 6.85. The van der Waals surface area contributed by atoms with Crippen molar-refractivity contribution in [3.05, 3.63) is 36.3 Å². The summed E-state index contributed by atoms with van der Waals surface area (Å²) in [6.45, 7) is 1.25. The number of para-hydroxylation sites is 1. The zero-order valence-electron chi connectivity index (χ0n) is 15.0. The number of rotatable bonds is 4. The molecule has 0 bridgehead atoms. The Labute approximate surface area is 156 Å². The molecule has 1 aliphatic rings. The van der Waals surface area contributed by atoms with Gasteiger partial charge in [-0.25, -0.2) is 4.98 Å². The summed E-state index contributed by atoms with van der Waals surface area (Å²) < 4.78 is 2.18. The number of nitrogens with zero attached hydrogens (tertiary/aromatic N) is 5. The average Bonchev–Trinajstić information content (AvgIpc) is 3.07. The van der Waals surface area contributed by atoms with Gasteiger partial charge < -0.3 is 14.6 Å². The number of fused-ring (bicyclic) bond motifs is 3. The highest BCUT2D eigenvalue weighted by molar-refractivity contribution is 6.02. The maximum Gasteiger partial charge on any atom is 0.236 e. The molecule has 0 aliphatic carbocycles. The number of pyridine rings is 1. The summed E-state index contributed by atoms with van der Waals surface area (Å²) in [7, 11) is 0. The number of nitriles is 1. The Morgan fingerprint density at radius 2 is 2.19 bits per heavy atom. The highest BCUT2D eigenvalue weighted by Crippen LogP contribution is 2.32. The molecule has 1 aliphatic heterocycles. The first-order chi connectivity index (χ1) is 13.2. The SMILES string of the molecule is N#CCC(=O)N1CCC[C@@H](n2c(CCO)nc3cnc4ccccc4c32)C1. The van der Waals surface area contributed by atoms with Crippen molar-refractivity contribution in [1.82, 2.24) is 19.4 Å². The van der Waals surface area contributed by atoms with Gasteiger partial charge >= 0.3 is 0 Å². The number of carbonyl (C=O) groups is 1. The van der Waals surface area contributed by atoms with Gasteiger partial charge in [0, 0.05) is 24.9 Å². The topological polar surface area (TPSA) is 95.0 Å². The van der Waals surface area contributed by atoms with Gasteiger partial charge in [-0.3, -0.25) is 9.78 Å². The van der Waals surface area contributed by atoms with E-state index in [4.69, 9.17) is 10.2 Å². The first-order valence-corrected chi connectivity index (χ1v) is 9.23. The normalized spacial score (nSPS) is 17.3. The van der Waals surface area contributed by atoms with Gasteiger partial charge in [-0.2, -0.15) is 5.26 Å². The molecule has 27 heavy (non-hydrogen) atoms. The fraction of sp³-hybridized carbons (Fsp3) is 0.400. The summed E-state index contributed by atoms with van der Waals surface area (Å²) in [4.78, 5) is 23.2. The summed E-state index contributed by atoms with van der Waals surface area (Å²) in [5.41, 5.74) is 2.70. The van der Waals surface area contributed by atoms with E-state index in [1.165, 1.54) is 0 Å². The minimum absolute atomic E-state index is 0.0124. The van der Waals surface area contributed by atoms with Crippen LogP contribution in [-0.2, 0) is 11.2 Å². The number of aliphatic hydroxyl groups is 1. The highest BCUT2D eigenvalue weighted by Gasteiger charge is 2.28. The van der Waals surface area contributed by atoms with Crippen molar-refractivity contribution in [2.45, 2.75) is 31.7 Å². The van der Waals surface area contributed by atoms with Crippen molar-refractivity contribution in [2.75, 3.05) is 19.7 Å². The van der Waals surface area contributed by atoms with Gasteiger partial charge in [0.1, 0.15) is 17.8 Å². The predicted octanol–water partition coefficient (Wildman–Crippen LogP) is 2.20. The van der Waals surface area contributed by atoms with E-state index in [-0.39, 0.29) is 25.0 Å². The van der Waals surface area contributed by atoms with Crippen LogP contribution in [0.3, 0.4) is 0 Å². The van der Waals surface area contributed by atoms with Crippen LogP contribution in [0, 0.1) is 11.3 Å². The van der Waals surface area contributed by atoms with Crippen LogP contribution in [0.15, 0.2) is 30.5 Å². The van der Waals surface area contributed by atoms with Gasteiger partial charge in [-0.05, 0) is 18.9 Å². The van der Waals surface area contributed by atoms with Crippen LogP contribution in [0.1, 0.15) is 31.1 Å². The molecule has 1 amide bonds. The molecular formula is C20H21N5O2. The van der Waals surface area contributed by atoms with Gasteiger partial charge in [-0.15, -0.1) is 0 Å². The molecule has 1 saturated heterocycles. The minimum Gasteiger partial charge on any atom is -0.396 e. The van der Waals surface area contributed by atoms with Gasteiger partial charge in [0.25, 0.3) is 0 Å². The number of hydrogen-bond acceptors (Lipinski definition) is 5. The van der Waals surface area contributed by atoms with Crippen LogP contribution in [0.2, 0.25) is 0 Å². The Hall–Kier alpha value is -2.98. The van der Waals surface area contributed by atoms with Crippen LogP contribution < -0.4 is 0 Å². The number of imidazole rings is 1. The predicted molar refractivity (Wildman–Crippen MR) is 101 cm³/mol. The molecule has 0 unspecified atom stereocenters. The summed E-state index contributed by atoms with van der Waals surface area (Å²) in [5, 5.41) is 19.4. The first kappa shape index (κ1) is 17.4. The van der Waals surface area contributed by atoms with Gasteiger partial charge in [-0.1, -0.05) is 18.2 Å². The summed E-state index contributed by atoms with van der Waals surface area (Å²) in [6, 6.07) is 9.96. The molecule has 1 aromatic carbocycles. The number of benzene rings is 1. The van der Waals surface area contributed by atoms with Crippen molar-refractivity contribution < 1.29 is 9.90 Å². The molecule has 2 aromatic heterocycles. The molecule has 7 heteroatoms. The van der Waals surface area contributed by atoms with Crippen molar-refractivity contribution in [3.8, 4) is 6.07 Å². The maximum absolute atomic E-state index is 12.2. The molecule has 0 saturated carbocycles. The third kappa shape index (κ3) is 3.13. The lowest BCUT2D eigenvalue weighted by atomic mass is 10.0. The quantitative estimate of drug-likeness (QED) is 0.767. The number of piperidine rings is 1. The van der Waals surface area contributed by atoms with E-state index in [2.05, 4.69) is 9.55 Å². The fourth-order valence-electron chi connectivity index (χ4n) is 4.01. The lowest BCUT2D eigenvalue weighted by Gasteiger charge is -2.34. The number of amides is 1. The molecule has 1 atom stereocenters. The van der Waals surface area contributed by atoms with Crippen LogP contribution >= 0.6 is 0 Å². The summed E-state index contributed by atoms with van der Waals surface area (Å²) in [5.74, 6) is 0.687. The zero-order chi connectivity index (χ0) is 18.8. The molecule has 1 N–H and O–H groups in total.